The van der Waals surface area contributed by atoms with Gasteiger partial charge in [-0.05, 0) is 0 Å². The Labute approximate surface area is 66.9 Å². The Morgan fingerprint density at radius 2 is 2.45 bits per heavy atom. The van der Waals surface area contributed by atoms with Gasteiger partial charge in [0.05, 0.1) is 13.3 Å². The Hall–Kier alpha value is -1.23. The Morgan fingerprint density at radius 3 is 3.18 bits per heavy atom. The fourth-order valence-corrected chi connectivity index (χ4v) is 1.45. The standard InChI is InChI=1S/C6H5N3OS/c1-10-6-9-4-2-7-3-8-5(4)11-6/h2-3H,1H3. The van der Waals surface area contributed by atoms with Crippen LogP contribution in [0.1, 0.15) is 0 Å². The molecule has 0 saturated carbocycles. The van der Waals surface area contributed by atoms with Crippen LogP contribution in [0.15, 0.2) is 12.5 Å². The lowest BCUT2D eigenvalue weighted by atomic mass is 10.6. The summed E-state index contributed by atoms with van der Waals surface area (Å²) in [4.78, 5) is 12.8. The van der Waals surface area contributed by atoms with Crippen LogP contribution in [0.2, 0.25) is 0 Å². The molecule has 2 aromatic rings. The third kappa shape index (κ3) is 1.03. The van der Waals surface area contributed by atoms with Crippen molar-refractivity contribution >= 4 is 21.7 Å². The highest BCUT2D eigenvalue weighted by Crippen LogP contribution is 2.23. The highest BCUT2D eigenvalue weighted by molar-refractivity contribution is 7.19. The van der Waals surface area contributed by atoms with Crippen LogP contribution in [0.4, 0.5) is 0 Å². The van der Waals surface area contributed by atoms with E-state index in [9.17, 15) is 0 Å². The van der Waals surface area contributed by atoms with Gasteiger partial charge in [-0.15, -0.1) is 0 Å². The third-order valence-corrected chi connectivity index (χ3v) is 2.17. The molecule has 0 aliphatic heterocycles. The van der Waals surface area contributed by atoms with Crippen molar-refractivity contribution in [3.8, 4) is 5.19 Å². The van der Waals surface area contributed by atoms with Crippen molar-refractivity contribution in [1.82, 2.24) is 15.0 Å². The van der Waals surface area contributed by atoms with Crippen molar-refractivity contribution in [2.24, 2.45) is 0 Å². The van der Waals surface area contributed by atoms with Crippen LogP contribution in [0, 0.1) is 0 Å². The summed E-state index contributed by atoms with van der Waals surface area (Å²) in [5.74, 6) is 0. The smallest absolute Gasteiger partial charge is 0.275 e. The Balaban J connectivity index is 2.69. The van der Waals surface area contributed by atoms with Crippen molar-refractivity contribution in [2.75, 3.05) is 7.11 Å². The topological polar surface area (TPSA) is 47.9 Å². The Morgan fingerprint density at radius 1 is 1.55 bits per heavy atom. The molecule has 56 valence electrons. The van der Waals surface area contributed by atoms with E-state index in [1.54, 1.807) is 13.3 Å². The van der Waals surface area contributed by atoms with Crippen LogP contribution in [0.3, 0.4) is 0 Å². The zero-order valence-corrected chi connectivity index (χ0v) is 6.63. The monoisotopic (exact) mass is 167 g/mol. The molecule has 0 aromatic carbocycles. The Kier molecular flexibility index (Phi) is 1.43. The minimum Gasteiger partial charge on any atom is -0.473 e. The number of nitrogens with zero attached hydrogens (tertiary/aromatic N) is 3. The minimum atomic E-state index is 0.625. The summed E-state index contributed by atoms with van der Waals surface area (Å²) < 4.78 is 4.94. The van der Waals surface area contributed by atoms with E-state index in [0.29, 0.717) is 5.19 Å². The van der Waals surface area contributed by atoms with E-state index >= 15 is 0 Å². The predicted octanol–water partition coefficient (Wildman–Crippen LogP) is 1.09. The zero-order chi connectivity index (χ0) is 7.68. The predicted molar refractivity (Wildman–Crippen MR) is 41.8 cm³/mol. The van der Waals surface area contributed by atoms with Gasteiger partial charge in [-0.25, -0.2) is 9.97 Å². The fourth-order valence-electron chi connectivity index (χ4n) is 0.758. The van der Waals surface area contributed by atoms with Crippen molar-refractivity contribution < 1.29 is 4.74 Å². The minimum absolute atomic E-state index is 0.625. The number of hydrogen-bond acceptors (Lipinski definition) is 5. The van der Waals surface area contributed by atoms with E-state index in [0.717, 1.165) is 10.3 Å². The van der Waals surface area contributed by atoms with Gasteiger partial charge in [0, 0.05) is 0 Å². The lowest BCUT2D eigenvalue weighted by Crippen LogP contribution is -1.78. The zero-order valence-electron chi connectivity index (χ0n) is 5.81. The number of methoxy groups -OCH3 is 1. The van der Waals surface area contributed by atoms with E-state index in [4.69, 9.17) is 4.74 Å². The number of aromatic nitrogens is 3. The summed E-state index contributed by atoms with van der Waals surface area (Å²) in [6, 6.07) is 0. The van der Waals surface area contributed by atoms with Gasteiger partial charge in [-0.3, -0.25) is 0 Å². The molecule has 2 aromatic heterocycles. The van der Waals surface area contributed by atoms with Crippen LogP contribution in [0.25, 0.3) is 10.3 Å². The molecular weight excluding hydrogens is 162 g/mol. The highest BCUT2D eigenvalue weighted by Gasteiger charge is 2.02. The molecule has 0 atom stereocenters. The van der Waals surface area contributed by atoms with Crippen LogP contribution < -0.4 is 4.74 Å². The molecule has 2 rings (SSSR count). The molecule has 0 bridgehead atoms. The molecule has 0 amide bonds. The molecule has 0 fully saturated rings. The van der Waals surface area contributed by atoms with Gasteiger partial charge in [0.25, 0.3) is 5.19 Å². The van der Waals surface area contributed by atoms with Gasteiger partial charge in [-0.1, -0.05) is 11.3 Å². The van der Waals surface area contributed by atoms with E-state index in [2.05, 4.69) is 15.0 Å². The van der Waals surface area contributed by atoms with E-state index in [-0.39, 0.29) is 0 Å². The van der Waals surface area contributed by atoms with Gasteiger partial charge >= 0.3 is 0 Å². The summed E-state index contributed by atoms with van der Waals surface area (Å²) in [5, 5.41) is 0.625. The normalized spacial score (nSPS) is 10.3. The molecule has 11 heavy (non-hydrogen) atoms. The maximum absolute atomic E-state index is 4.94. The fraction of sp³-hybridized carbons (Fsp3) is 0.167. The number of fused-ring (bicyclic) bond motifs is 1. The molecule has 5 heteroatoms. The summed E-state index contributed by atoms with van der Waals surface area (Å²) in [5.41, 5.74) is 0.786. The van der Waals surface area contributed by atoms with Crippen LogP contribution in [-0.4, -0.2) is 22.1 Å². The quantitative estimate of drug-likeness (QED) is 0.638. The van der Waals surface area contributed by atoms with E-state index in [1.165, 1.54) is 17.7 Å². The first-order chi connectivity index (χ1) is 5.40. The molecule has 2 heterocycles. The van der Waals surface area contributed by atoms with Crippen molar-refractivity contribution in [1.29, 1.82) is 0 Å². The van der Waals surface area contributed by atoms with Crippen molar-refractivity contribution in [2.45, 2.75) is 0 Å². The molecule has 0 aliphatic rings. The summed E-state index contributed by atoms with van der Waals surface area (Å²) in [6.07, 6.45) is 3.17. The number of ether oxygens (including phenoxy) is 1. The van der Waals surface area contributed by atoms with E-state index in [1.807, 2.05) is 0 Å². The number of rotatable bonds is 1. The van der Waals surface area contributed by atoms with Crippen molar-refractivity contribution in [3.05, 3.63) is 12.5 Å². The summed E-state index contributed by atoms with van der Waals surface area (Å²) in [7, 11) is 1.59. The van der Waals surface area contributed by atoms with Gasteiger partial charge < -0.3 is 4.74 Å². The lowest BCUT2D eigenvalue weighted by Gasteiger charge is -1.84. The first-order valence-corrected chi connectivity index (χ1v) is 3.82. The molecular formula is C6H5N3OS. The van der Waals surface area contributed by atoms with Gasteiger partial charge in [0.1, 0.15) is 16.7 Å². The summed E-state index contributed by atoms with van der Waals surface area (Å²) in [6.45, 7) is 0. The third-order valence-electron chi connectivity index (χ3n) is 1.23. The van der Waals surface area contributed by atoms with Gasteiger partial charge in [-0.2, -0.15) is 4.98 Å². The van der Waals surface area contributed by atoms with Gasteiger partial charge in [0.2, 0.25) is 0 Å². The first-order valence-electron chi connectivity index (χ1n) is 3.00. The molecule has 4 nitrogen and oxygen atoms in total. The molecule has 0 saturated heterocycles. The van der Waals surface area contributed by atoms with Crippen LogP contribution in [0.5, 0.6) is 5.19 Å². The maximum Gasteiger partial charge on any atom is 0.275 e. The highest BCUT2D eigenvalue weighted by atomic mass is 32.1. The average Bonchev–Trinajstić information content (AvgIpc) is 2.46. The average molecular weight is 167 g/mol. The van der Waals surface area contributed by atoms with Gasteiger partial charge in [0.15, 0.2) is 0 Å². The van der Waals surface area contributed by atoms with Crippen LogP contribution >= 0.6 is 11.3 Å². The molecule has 0 spiro atoms. The first kappa shape index (κ1) is 6.48. The maximum atomic E-state index is 4.94. The largest absolute Gasteiger partial charge is 0.473 e. The Bertz CT molecular complexity index is 340. The molecule has 0 radical (unpaired) electrons. The number of hydrogen-bond donors (Lipinski definition) is 0. The SMILES string of the molecule is COc1nc2cncnc2s1. The van der Waals surface area contributed by atoms with E-state index < -0.39 is 0 Å². The lowest BCUT2D eigenvalue weighted by molar-refractivity contribution is 0.413. The van der Waals surface area contributed by atoms with Crippen molar-refractivity contribution in [3.63, 3.8) is 0 Å². The molecule has 0 unspecified atom stereocenters. The second-order valence-electron chi connectivity index (χ2n) is 1.90. The van der Waals surface area contributed by atoms with Crippen LogP contribution in [-0.2, 0) is 0 Å². The molecule has 0 aliphatic carbocycles. The second kappa shape index (κ2) is 2.43. The number of thiazole rings is 1. The summed E-state index contributed by atoms with van der Waals surface area (Å²) >= 11 is 1.41. The molecule has 0 N–H and O–H groups in total. The second-order valence-corrected chi connectivity index (χ2v) is 2.84.